The predicted molar refractivity (Wildman–Crippen MR) is 56.4 cm³/mol. The average Bonchev–Trinajstić information content (AvgIpc) is 2.01. The topological polar surface area (TPSA) is 68.0 Å². The van der Waals surface area contributed by atoms with Crippen molar-refractivity contribution >= 4 is 11.7 Å². The van der Waals surface area contributed by atoms with E-state index in [9.17, 15) is 4.79 Å². The molecule has 1 rings (SSSR count). The molecule has 3 N–H and O–H groups in total. The molecule has 1 aromatic rings. The molecule has 0 aromatic carbocycles. The largest absolute Gasteiger partial charge is 0.370 e. The van der Waals surface area contributed by atoms with Crippen LogP contribution in [0.3, 0.4) is 0 Å². The molecule has 0 unspecified atom stereocenters. The van der Waals surface area contributed by atoms with Crippen LogP contribution in [0.5, 0.6) is 0 Å². The summed E-state index contributed by atoms with van der Waals surface area (Å²) in [6, 6.07) is 1.85. The number of anilines is 1. The number of pyridine rings is 1. The summed E-state index contributed by atoms with van der Waals surface area (Å²) in [6.45, 7) is 6.41. The second-order valence-corrected chi connectivity index (χ2v) is 3.20. The van der Waals surface area contributed by atoms with Crippen LogP contribution in [0.4, 0.5) is 5.82 Å². The van der Waals surface area contributed by atoms with Crippen LogP contribution < -0.4 is 11.1 Å². The van der Waals surface area contributed by atoms with Crippen LogP contribution in [0.1, 0.15) is 28.5 Å². The van der Waals surface area contributed by atoms with Crippen molar-refractivity contribution in [3.63, 3.8) is 0 Å². The zero-order valence-electron chi connectivity index (χ0n) is 8.72. The first-order chi connectivity index (χ1) is 6.56. The highest BCUT2D eigenvalue weighted by molar-refractivity contribution is 5.99. The highest BCUT2D eigenvalue weighted by atomic mass is 16.1. The van der Waals surface area contributed by atoms with Gasteiger partial charge in [-0.3, -0.25) is 4.79 Å². The maximum Gasteiger partial charge on any atom is 0.252 e. The van der Waals surface area contributed by atoms with Crippen molar-refractivity contribution in [2.75, 3.05) is 11.9 Å². The van der Waals surface area contributed by atoms with Gasteiger partial charge in [0.05, 0.1) is 5.56 Å². The average molecular weight is 193 g/mol. The fraction of sp³-hybridized carbons (Fsp3) is 0.400. The van der Waals surface area contributed by atoms with Gasteiger partial charge in [0.15, 0.2) is 0 Å². The molecule has 4 heteroatoms. The Morgan fingerprint density at radius 1 is 1.57 bits per heavy atom. The molecule has 0 radical (unpaired) electrons. The molecular formula is C10H15N3O. The smallest absolute Gasteiger partial charge is 0.252 e. The van der Waals surface area contributed by atoms with E-state index in [2.05, 4.69) is 10.3 Å². The van der Waals surface area contributed by atoms with Gasteiger partial charge >= 0.3 is 0 Å². The van der Waals surface area contributed by atoms with E-state index in [0.717, 1.165) is 17.8 Å². The molecule has 0 aliphatic rings. The van der Waals surface area contributed by atoms with E-state index in [-0.39, 0.29) is 0 Å². The number of nitrogens with one attached hydrogen (secondary N) is 1. The number of aromatic nitrogens is 1. The van der Waals surface area contributed by atoms with Gasteiger partial charge in [0.25, 0.3) is 5.91 Å². The van der Waals surface area contributed by atoms with Crippen molar-refractivity contribution in [3.8, 4) is 0 Å². The summed E-state index contributed by atoms with van der Waals surface area (Å²) in [6.07, 6.45) is 0. The summed E-state index contributed by atoms with van der Waals surface area (Å²) in [5.41, 5.74) is 7.50. The van der Waals surface area contributed by atoms with Gasteiger partial charge < -0.3 is 11.1 Å². The predicted octanol–water partition coefficient (Wildman–Crippen LogP) is 1.23. The van der Waals surface area contributed by atoms with Crippen LogP contribution in [0, 0.1) is 13.8 Å². The number of nitrogens with two attached hydrogens (primary N) is 1. The van der Waals surface area contributed by atoms with Crippen molar-refractivity contribution in [2.45, 2.75) is 20.8 Å². The molecule has 4 nitrogen and oxygen atoms in total. The fourth-order valence-corrected chi connectivity index (χ4v) is 1.44. The van der Waals surface area contributed by atoms with Crippen LogP contribution in [0.15, 0.2) is 6.07 Å². The second-order valence-electron chi connectivity index (χ2n) is 3.20. The number of hydrogen-bond donors (Lipinski definition) is 2. The van der Waals surface area contributed by atoms with Crippen molar-refractivity contribution in [2.24, 2.45) is 5.73 Å². The number of rotatable bonds is 3. The van der Waals surface area contributed by atoms with Crippen LogP contribution in [-0.2, 0) is 0 Å². The standard InChI is InChI=1S/C10H15N3O/c1-4-12-10-8(9(11)14)6(2)5-7(3)13-10/h5H,4H2,1-3H3,(H2,11,14)(H,12,13). The van der Waals surface area contributed by atoms with Gasteiger partial charge in [-0.2, -0.15) is 0 Å². The van der Waals surface area contributed by atoms with Gasteiger partial charge in [0.1, 0.15) is 5.82 Å². The molecule has 1 amide bonds. The number of primary amides is 1. The monoisotopic (exact) mass is 193 g/mol. The Morgan fingerprint density at radius 2 is 2.21 bits per heavy atom. The van der Waals surface area contributed by atoms with Crippen LogP contribution in [-0.4, -0.2) is 17.4 Å². The Bertz CT molecular complexity index is 361. The Hall–Kier alpha value is -1.58. The van der Waals surface area contributed by atoms with E-state index in [1.54, 1.807) is 0 Å². The molecule has 0 spiro atoms. The summed E-state index contributed by atoms with van der Waals surface area (Å²) in [4.78, 5) is 15.4. The van der Waals surface area contributed by atoms with E-state index >= 15 is 0 Å². The number of amides is 1. The second kappa shape index (κ2) is 4.09. The number of carbonyl (C=O) groups is 1. The minimum Gasteiger partial charge on any atom is -0.370 e. The summed E-state index contributed by atoms with van der Waals surface area (Å²) >= 11 is 0. The van der Waals surface area contributed by atoms with Crippen molar-refractivity contribution in [1.82, 2.24) is 4.98 Å². The van der Waals surface area contributed by atoms with E-state index < -0.39 is 5.91 Å². The third-order valence-corrected chi connectivity index (χ3v) is 1.94. The van der Waals surface area contributed by atoms with Crippen molar-refractivity contribution < 1.29 is 4.79 Å². The van der Waals surface area contributed by atoms with Crippen molar-refractivity contribution in [3.05, 3.63) is 22.9 Å². The van der Waals surface area contributed by atoms with E-state index in [4.69, 9.17) is 5.73 Å². The normalized spacial score (nSPS) is 9.93. The Balaban J connectivity index is 3.28. The third-order valence-electron chi connectivity index (χ3n) is 1.94. The van der Waals surface area contributed by atoms with E-state index in [1.165, 1.54) is 0 Å². The maximum atomic E-state index is 11.2. The molecule has 0 aliphatic carbocycles. The Morgan fingerprint density at radius 3 is 2.71 bits per heavy atom. The minimum atomic E-state index is -0.439. The summed E-state index contributed by atoms with van der Waals surface area (Å²) in [5, 5.41) is 3.03. The lowest BCUT2D eigenvalue weighted by Crippen LogP contribution is -2.17. The number of carbonyl (C=O) groups excluding carboxylic acids is 1. The number of nitrogens with zero attached hydrogens (tertiary/aromatic N) is 1. The van der Waals surface area contributed by atoms with Crippen LogP contribution >= 0.6 is 0 Å². The quantitative estimate of drug-likeness (QED) is 0.758. The molecule has 0 saturated heterocycles. The first kappa shape index (κ1) is 10.5. The van der Waals surface area contributed by atoms with Gasteiger partial charge in [-0.05, 0) is 32.4 Å². The van der Waals surface area contributed by atoms with Crippen LogP contribution in [0.2, 0.25) is 0 Å². The highest BCUT2D eigenvalue weighted by Gasteiger charge is 2.12. The van der Waals surface area contributed by atoms with E-state index in [1.807, 2.05) is 26.8 Å². The lowest BCUT2D eigenvalue weighted by molar-refractivity contribution is 0.1000. The van der Waals surface area contributed by atoms with Crippen molar-refractivity contribution in [1.29, 1.82) is 0 Å². The number of aryl methyl sites for hydroxylation is 2. The minimum absolute atomic E-state index is 0.439. The summed E-state index contributed by atoms with van der Waals surface area (Å²) in [7, 11) is 0. The molecule has 14 heavy (non-hydrogen) atoms. The zero-order valence-corrected chi connectivity index (χ0v) is 8.72. The molecule has 0 fully saturated rings. The maximum absolute atomic E-state index is 11.2. The van der Waals surface area contributed by atoms with Gasteiger partial charge in [-0.25, -0.2) is 4.98 Å². The van der Waals surface area contributed by atoms with Gasteiger partial charge in [-0.1, -0.05) is 0 Å². The van der Waals surface area contributed by atoms with Gasteiger partial charge in [0, 0.05) is 12.2 Å². The molecule has 1 aromatic heterocycles. The van der Waals surface area contributed by atoms with E-state index in [0.29, 0.717) is 11.4 Å². The summed E-state index contributed by atoms with van der Waals surface area (Å²) < 4.78 is 0. The lowest BCUT2D eigenvalue weighted by atomic mass is 10.1. The zero-order chi connectivity index (χ0) is 10.7. The van der Waals surface area contributed by atoms with Crippen LogP contribution in [0.25, 0.3) is 0 Å². The molecule has 0 atom stereocenters. The molecule has 0 bridgehead atoms. The van der Waals surface area contributed by atoms with Gasteiger partial charge in [0.2, 0.25) is 0 Å². The molecular weight excluding hydrogens is 178 g/mol. The highest BCUT2D eigenvalue weighted by Crippen LogP contribution is 2.17. The molecule has 0 saturated carbocycles. The Labute approximate surface area is 83.5 Å². The first-order valence-corrected chi connectivity index (χ1v) is 4.58. The Kier molecular flexibility index (Phi) is 3.06. The molecule has 76 valence electrons. The lowest BCUT2D eigenvalue weighted by Gasteiger charge is -2.10. The summed E-state index contributed by atoms with van der Waals surface area (Å²) in [5.74, 6) is 0.142. The fourth-order valence-electron chi connectivity index (χ4n) is 1.44. The molecule has 0 aliphatic heterocycles. The number of hydrogen-bond acceptors (Lipinski definition) is 3. The SMILES string of the molecule is CCNc1nc(C)cc(C)c1C(N)=O. The third kappa shape index (κ3) is 2.02. The van der Waals surface area contributed by atoms with Gasteiger partial charge in [-0.15, -0.1) is 0 Å². The first-order valence-electron chi connectivity index (χ1n) is 4.58. The molecule has 1 heterocycles.